The molecule has 1 amide bonds. The Morgan fingerprint density at radius 2 is 1.65 bits per heavy atom. The number of phenolic OH excluding ortho intramolecular Hbond substituents is 1. The van der Waals surface area contributed by atoms with E-state index in [1.54, 1.807) is 13.0 Å². The van der Waals surface area contributed by atoms with Crippen molar-refractivity contribution in [2.75, 3.05) is 26.2 Å². The van der Waals surface area contributed by atoms with E-state index < -0.39 is 28.3 Å². The maximum absolute atomic E-state index is 15.0. The molecule has 3 aliphatic carbocycles. The first-order valence-electron chi connectivity index (χ1n) is 19.8. The molecule has 9 heteroatoms. The summed E-state index contributed by atoms with van der Waals surface area (Å²) in [6.07, 6.45) is 14.2. The van der Waals surface area contributed by atoms with E-state index in [1.165, 1.54) is 5.57 Å². The first-order valence-corrected chi connectivity index (χ1v) is 19.8. The summed E-state index contributed by atoms with van der Waals surface area (Å²) in [7, 11) is 0. The third-order valence-electron chi connectivity index (χ3n) is 12.8. The van der Waals surface area contributed by atoms with Crippen LogP contribution in [0.1, 0.15) is 116 Å². The first-order chi connectivity index (χ1) is 25.4. The molecule has 54 heavy (non-hydrogen) atoms. The van der Waals surface area contributed by atoms with Crippen LogP contribution < -0.4 is 9.47 Å². The zero-order valence-electron chi connectivity index (χ0n) is 33.9. The van der Waals surface area contributed by atoms with Crippen molar-refractivity contribution in [1.29, 1.82) is 0 Å². The Kier molecular flexibility index (Phi) is 9.49. The molecule has 4 aliphatic heterocycles. The SMILES string of the molecule is CC(C)=CCCC1(C)C=Cc2c(O)c3c(c(CC=C(C)C)c2O1)OC12C(=CC4CC1C(C)(C)OC2(CC=C(C)C(=O)N1CCN(C(C)C)CC1)C4=O)C3=O. The largest absolute Gasteiger partial charge is 0.506 e. The van der Waals surface area contributed by atoms with Crippen LogP contribution in [0.3, 0.4) is 0 Å². The highest BCUT2D eigenvalue weighted by molar-refractivity contribution is 6.19. The Morgan fingerprint density at radius 1 is 0.963 bits per heavy atom. The highest BCUT2D eigenvalue weighted by Crippen LogP contribution is 2.68. The molecular formula is C45H58N2O7. The van der Waals surface area contributed by atoms with Gasteiger partial charge in [-0.3, -0.25) is 19.3 Å². The summed E-state index contributed by atoms with van der Waals surface area (Å²) in [4.78, 5) is 47.8. The number of allylic oxidation sites excluding steroid dienone is 5. The van der Waals surface area contributed by atoms with E-state index in [4.69, 9.17) is 14.2 Å². The summed E-state index contributed by atoms with van der Waals surface area (Å²) in [6.45, 7) is 23.2. The van der Waals surface area contributed by atoms with E-state index in [2.05, 4.69) is 44.7 Å². The van der Waals surface area contributed by atoms with Gasteiger partial charge in [-0.2, -0.15) is 0 Å². The van der Waals surface area contributed by atoms with E-state index in [0.29, 0.717) is 66.4 Å². The topological polar surface area (TPSA) is 106 Å². The number of amides is 1. The minimum atomic E-state index is -1.56. The van der Waals surface area contributed by atoms with Crippen molar-refractivity contribution in [2.45, 2.75) is 130 Å². The molecule has 7 aliphatic rings. The van der Waals surface area contributed by atoms with E-state index in [1.807, 2.05) is 57.7 Å². The normalized spacial score (nSPS) is 30.6. The molecular weight excluding hydrogens is 681 g/mol. The monoisotopic (exact) mass is 738 g/mol. The number of fused-ring (bicyclic) bond motifs is 2. The fourth-order valence-electron chi connectivity index (χ4n) is 9.86. The van der Waals surface area contributed by atoms with Gasteiger partial charge in [0, 0.05) is 67.2 Å². The second kappa shape index (κ2) is 13.4. The number of rotatable bonds is 9. The third kappa shape index (κ3) is 5.83. The Hall–Kier alpha value is -3.95. The molecule has 1 aromatic rings. The van der Waals surface area contributed by atoms with Gasteiger partial charge in [-0.15, -0.1) is 0 Å². The van der Waals surface area contributed by atoms with Crippen LogP contribution in [-0.2, 0) is 20.7 Å². The van der Waals surface area contributed by atoms with Gasteiger partial charge in [0.05, 0.1) is 11.2 Å². The highest BCUT2D eigenvalue weighted by atomic mass is 16.6. The summed E-state index contributed by atoms with van der Waals surface area (Å²) < 4.78 is 21.1. The molecule has 3 fully saturated rings. The van der Waals surface area contributed by atoms with Gasteiger partial charge in [-0.25, -0.2) is 0 Å². The van der Waals surface area contributed by atoms with Crippen molar-refractivity contribution in [1.82, 2.24) is 9.80 Å². The third-order valence-corrected chi connectivity index (χ3v) is 12.8. The van der Waals surface area contributed by atoms with Crippen LogP contribution in [0.25, 0.3) is 6.08 Å². The molecule has 4 bridgehead atoms. The summed E-state index contributed by atoms with van der Waals surface area (Å²) in [6, 6.07) is 0.418. The number of nitrogens with zero attached hydrogens (tertiary/aromatic N) is 2. The number of ketones is 2. The molecule has 0 aromatic heterocycles. The Bertz CT molecular complexity index is 1950. The number of aromatic hydroxyl groups is 1. The van der Waals surface area contributed by atoms with Crippen molar-refractivity contribution < 1.29 is 33.7 Å². The number of benzene rings is 1. The average molecular weight is 739 g/mol. The molecule has 2 saturated heterocycles. The van der Waals surface area contributed by atoms with Gasteiger partial charge in [0.2, 0.25) is 5.91 Å². The standard InChI is InChI=1S/C45H58N2O7/c1-26(2)12-11-17-43(10)18-16-31-36(48)35-37(49)33-24-30-25-34-42(8,9)54-44(40(30)50,19-15-29(7)41(51)47-22-20-46(21-23-47)28(5)6)45(33,34)53-39(35)32(38(31)52-43)14-13-27(3)4/h12-13,15-16,18,24,28,30,34,48H,11,14,17,19-23,25H2,1-10H3. The highest BCUT2D eigenvalue weighted by Gasteiger charge is 2.81. The fourth-order valence-corrected chi connectivity index (χ4v) is 9.86. The summed E-state index contributed by atoms with van der Waals surface area (Å²) in [5, 5.41) is 12.0. The number of ether oxygens (including phenoxy) is 3. The van der Waals surface area contributed by atoms with Gasteiger partial charge < -0.3 is 24.2 Å². The first kappa shape index (κ1) is 38.3. The lowest BCUT2D eigenvalue weighted by molar-refractivity contribution is -0.171. The van der Waals surface area contributed by atoms with Crippen LogP contribution in [0.4, 0.5) is 0 Å². The Morgan fingerprint density at radius 3 is 2.30 bits per heavy atom. The number of Topliss-reactive ketones (excluding diaryl/α,β-unsaturated/α-hetero) is 2. The van der Waals surface area contributed by atoms with Gasteiger partial charge in [-0.05, 0) is 107 Å². The number of phenols is 1. The summed E-state index contributed by atoms with van der Waals surface area (Å²) >= 11 is 0. The van der Waals surface area contributed by atoms with Crippen molar-refractivity contribution in [3.8, 4) is 17.2 Å². The predicted molar refractivity (Wildman–Crippen MR) is 210 cm³/mol. The van der Waals surface area contributed by atoms with E-state index in [9.17, 15) is 14.7 Å². The van der Waals surface area contributed by atoms with Crippen LogP contribution in [0, 0.1) is 11.8 Å². The zero-order valence-corrected chi connectivity index (χ0v) is 33.9. The molecule has 290 valence electrons. The summed E-state index contributed by atoms with van der Waals surface area (Å²) in [5.74, 6) is -0.894. The fraction of sp³-hybridized carbons (Fsp3) is 0.578. The maximum Gasteiger partial charge on any atom is 0.249 e. The molecule has 5 atom stereocenters. The molecule has 1 saturated carbocycles. The number of hydrogen-bond donors (Lipinski definition) is 1. The molecule has 1 aromatic carbocycles. The number of piperazine rings is 1. The second-order valence-electron chi connectivity index (χ2n) is 17.9. The number of hydrogen-bond acceptors (Lipinski definition) is 8. The second-order valence-corrected chi connectivity index (χ2v) is 17.9. The van der Waals surface area contributed by atoms with Gasteiger partial charge in [0.1, 0.15) is 28.4 Å². The molecule has 0 radical (unpaired) electrons. The molecule has 4 heterocycles. The van der Waals surface area contributed by atoms with Gasteiger partial charge in [-0.1, -0.05) is 35.5 Å². The molecule has 1 spiro atoms. The minimum absolute atomic E-state index is 0.0605. The smallest absolute Gasteiger partial charge is 0.249 e. The predicted octanol–water partition coefficient (Wildman–Crippen LogP) is 7.71. The number of carbonyl (C=O) groups is 3. The van der Waals surface area contributed by atoms with Gasteiger partial charge in [0.15, 0.2) is 22.8 Å². The van der Waals surface area contributed by atoms with Crippen molar-refractivity contribution in [3.63, 3.8) is 0 Å². The van der Waals surface area contributed by atoms with Crippen LogP contribution in [0.5, 0.6) is 17.2 Å². The van der Waals surface area contributed by atoms with Gasteiger partial charge in [0.25, 0.3) is 0 Å². The maximum atomic E-state index is 15.0. The lowest BCUT2D eigenvalue weighted by atomic mass is 9.51. The van der Waals surface area contributed by atoms with Crippen LogP contribution >= 0.6 is 0 Å². The molecule has 5 unspecified atom stereocenters. The van der Waals surface area contributed by atoms with Crippen molar-refractivity contribution in [2.24, 2.45) is 11.8 Å². The molecule has 1 N–H and O–H groups in total. The van der Waals surface area contributed by atoms with Crippen LogP contribution in [0.15, 0.2) is 52.7 Å². The Labute approximate surface area is 320 Å². The molecule has 8 rings (SSSR count). The molecule has 9 nitrogen and oxygen atoms in total. The minimum Gasteiger partial charge on any atom is -0.506 e. The lowest BCUT2D eigenvalue weighted by Crippen LogP contribution is -2.72. The Balaban J connectivity index is 1.34. The average Bonchev–Trinajstić information content (AvgIpc) is 3.26. The van der Waals surface area contributed by atoms with E-state index in [0.717, 1.165) is 25.1 Å². The van der Waals surface area contributed by atoms with E-state index >= 15 is 4.79 Å². The van der Waals surface area contributed by atoms with Gasteiger partial charge >= 0.3 is 0 Å². The van der Waals surface area contributed by atoms with Crippen molar-refractivity contribution >= 4 is 23.5 Å². The van der Waals surface area contributed by atoms with E-state index in [-0.39, 0.29) is 46.9 Å². The quantitative estimate of drug-likeness (QED) is 0.203. The zero-order chi connectivity index (χ0) is 39.1. The lowest BCUT2D eigenvalue weighted by Gasteiger charge is -2.56. The number of carbonyl (C=O) groups excluding carboxylic acids is 3. The van der Waals surface area contributed by atoms with Crippen LogP contribution in [0.2, 0.25) is 0 Å². The van der Waals surface area contributed by atoms with Crippen molar-refractivity contribution in [3.05, 3.63) is 69.4 Å². The van der Waals surface area contributed by atoms with Crippen LogP contribution in [-0.4, -0.2) is 87.0 Å². The summed E-state index contributed by atoms with van der Waals surface area (Å²) in [5.41, 5.74) is -0.103.